The average Bonchev–Trinajstić information content (AvgIpc) is 3.45. The van der Waals surface area contributed by atoms with Crippen molar-refractivity contribution in [3.8, 4) is 0 Å². The van der Waals surface area contributed by atoms with Gasteiger partial charge >= 0.3 is 17.9 Å². The Kier molecular flexibility index (Phi) is 64.7. The second-order valence-electron chi connectivity index (χ2n) is 23.1. The molecule has 0 heterocycles. The first-order valence-corrected chi connectivity index (χ1v) is 34.4. The van der Waals surface area contributed by atoms with Gasteiger partial charge in [-0.1, -0.05) is 318 Å². The summed E-state index contributed by atoms with van der Waals surface area (Å²) in [5, 5.41) is 0. The summed E-state index contributed by atoms with van der Waals surface area (Å²) in [7, 11) is 0. The van der Waals surface area contributed by atoms with Crippen molar-refractivity contribution in [3.63, 3.8) is 0 Å². The molecule has 79 heavy (non-hydrogen) atoms. The Morgan fingerprint density at radius 2 is 0.494 bits per heavy atom. The molecule has 1 unspecified atom stereocenters. The Labute approximate surface area is 491 Å². The van der Waals surface area contributed by atoms with Gasteiger partial charge in [-0.05, 0) is 89.9 Å². The molecule has 0 saturated carbocycles. The molecule has 0 fully saturated rings. The van der Waals surface area contributed by atoms with E-state index in [1.165, 1.54) is 205 Å². The van der Waals surface area contributed by atoms with Crippen molar-refractivity contribution in [1.29, 1.82) is 0 Å². The van der Waals surface area contributed by atoms with Crippen LogP contribution in [0, 0.1) is 0 Å². The molecule has 0 aliphatic rings. The van der Waals surface area contributed by atoms with Gasteiger partial charge in [-0.3, -0.25) is 14.4 Å². The lowest BCUT2D eigenvalue weighted by Gasteiger charge is -2.18. The third-order valence-electron chi connectivity index (χ3n) is 15.2. The molecule has 6 nitrogen and oxygen atoms in total. The Balaban J connectivity index is 4.31. The van der Waals surface area contributed by atoms with E-state index in [0.29, 0.717) is 19.3 Å². The molecule has 0 saturated heterocycles. The van der Waals surface area contributed by atoms with Gasteiger partial charge in [-0.2, -0.15) is 0 Å². The number of allylic oxidation sites excluding steroid dienone is 12. The summed E-state index contributed by atoms with van der Waals surface area (Å²) >= 11 is 0. The lowest BCUT2D eigenvalue weighted by molar-refractivity contribution is -0.167. The standard InChI is InChI=1S/C73H130O6/c1-4-7-10-13-16-19-22-25-28-30-32-34-35-36-37-39-40-42-45-48-51-54-57-60-63-66-72(75)78-69-70(68-77-71(74)65-62-59-56-53-50-47-44-27-24-21-18-15-12-9-6-3)79-73(76)67-64-61-58-55-52-49-46-43-41-38-33-31-29-26-23-20-17-14-11-8-5-2/h8,11,17-18,20-21,26-27,29,33,38,44,70H,4-7,9-10,12-16,19,22-25,28,30-32,34-37,39-43,45-69H2,1-3H3/b11-8-,20-17-,21-18-,29-26-,38-33-,44-27-. The highest BCUT2D eigenvalue weighted by atomic mass is 16.6. The van der Waals surface area contributed by atoms with Gasteiger partial charge in [0.05, 0.1) is 0 Å². The minimum absolute atomic E-state index is 0.0801. The second-order valence-corrected chi connectivity index (χ2v) is 23.1. The van der Waals surface area contributed by atoms with Crippen LogP contribution in [0.15, 0.2) is 72.9 Å². The zero-order valence-corrected chi connectivity index (χ0v) is 52.6. The molecule has 6 heteroatoms. The summed E-state index contributed by atoms with van der Waals surface area (Å²) < 4.78 is 17.0. The molecule has 0 N–H and O–H groups in total. The fourth-order valence-corrected chi connectivity index (χ4v) is 10.1. The van der Waals surface area contributed by atoms with E-state index in [-0.39, 0.29) is 31.1 Å². The first kappa shape index (κ1) is 75.8. The van der Waals surface area contributed by atoms with Gasteiger partial charge in [-0.25, -0.2) is 0 Å². The van der Waals surface area contributed by atoms with E-state index >= 15 is 0 Å². The summed E-state index contributed by atoms with van der Waals surface area (Å²) in [6.45, 7) is 6.54. The van der Waals surface area contributed by atoms with Crippen LogP contribution in [0.1, 0.15) is 355 Å². The van der Waals surface area contributed by atoms with E-state index in [9.17, 15) is 14.4 Å². The predicted octanol–water partition coefficient (Wildman–Crippen LogP) is 23.7. The van der Waals surface area contributed by atoms with Crippen molar-refractivity contribution in [2.75, 3.05) is 13.2 Å². The monoisotopic (exact) mass is 1100 g/mol. The van der Waals surface area contributed by atoms with Gasteiger partial charge in [0.2, 0.25) is 0 Å². The van der Waals surface area contributed by atoms with Gasteiger partial charge in [0, 0.05) is 19.3 Å². The third-order valence-corrected chi connectivity index (χ3v) is 15.2. The summed E-state index contributed by atoms with van der Waals surface area (Å²) in [6, 6.07) is 0. The summed E-state index contributed by atoms with van der Waals surface area (Å²) in [4.78, 5) is 38.4. The molecular formula is C73H130O6. The van der Waals surface area contributed by atoms with Crippen LogP contribution in [0.5, 0.6) is 0 Å². The number of rotatable bonds is 63. The molecule has 0 aliphatic heterocycles. The molecule has 0 aromatic heterocycles. The molecule has 1 atom stereocenters. The van der Waals surface area contributed by atoms with E-state index in [2.05, 4.69) is 93.7 Å². The molecule has 0 amide bonds. The van der Waals surface area contributed by atoms with Crippen LogP contribution in [0.2, 0.25) is 0 Å². The van der Waals surface area contributed by atoms with Crippen molar-refractivity contribution >= 4 is 17.9 Å². The minimum Gasteiger partial charge on any atom is -0.462 e. The molecule has 0 radical (unpaired) electrons. The summed E-state index contributed by atoms with van der Waals surface area (Å²) in [5.74, 6) is -0.883. The number of hydrogen-bond acceptors (Lipinski definition) is 6. The zero-order valence-electron chi connectivity index (χ0n) is 52.6. The van der Waals surface area contributed by atoms with Crippen LogP contribution in [-0.2, 0) is 28.6 Å². The molecule has 458 valence electrons. The molecule has 0 aromatic rings. The highest BCUT2D eigenvalue weighted by molar-refractivity contribution is 5.71. The van der Waals surface area contributed by atoms with Gasteiger partial charge in [-0.15, -0.1) is 0 Å². The third kappa shape index (κ3) is 65.5. The fourth-order valence-electron chi connectivity index (χ4n) is 10.1. The average molecular weight is 1100 g/mol. The van der Waals surface area contributed by atoms with Gasteiger partial charge < -0.3 is 14.2 Å². The fraction of sp³-hybridized carbons (Fsp3) is 0.795. The maximum Gasteiger partial charge on any atom is 0.306 e. The first-order valence-electron chi connectivity index (χ1n) is 34.4. The predicted molar refractivity (Wildman–Crippen MR) is 344 cm³/mol. The van der Waals surface area contributed by atoms with E-state index in [1.54, 1.807) is 0 Å². The van der Waals surface area contributed by atoms with Crippen LogP contribution in [0.3, 0.4) is 0 Å². The maximum absolute atomic E-state index is 12.9. The van der Waals surface area contributed by atoms with E-state index < -0.39 is 6.10 Å². The molecule has 0 bridgehead atoms. The normalized spacial score (nSPS) is 12.5. The second kappa shape index (κ2) is 67.4. The molecule has 0 aliphatic carbocycles. The van der Waals surface area contributed by atoms with E-state index in [1.807, 2.05) is 0 Å². The van der Waals surface area contributed by atoms with Crippen molar-refractivity contribution in [1.82, 2.24) is 0 Å². The summed E-state index contributed by atoms with van der Waals surface area (Å²) in [5.41, 5.74) is 0. The number of hydrogen-bond donors (Lipinski definition) is 0. The lowest BCUT2D eigenvalue weighted by Crippen LogP contribution is -2.30. The SMILES string of the molecule is CC/C=C\C/C=C\C/C=C\C/C=C\CCCCCCCCCCC(=O)OC(COC(=O)CCCCCCC/C=C\C/C=C\CCCCC)COC(=O)CCCCCCCCCCCCCCCCCCCCCCCCCCC. The number of unbranched alkanes of at least 4 members (excludes halogenated alkanes) is 40. The van der Waals surface area contributed by atoms with Gasteiger partial charge in [0.1, 0.15) is 13.2 Å². The van der Waals surface area contributed by atoms with Crippen LogP contribution >= 0.6 is 0 Å². The molecule has 0 rings (SSSR count). The maximum atomic E-state index is 12.9. The lowest BCUT2D eigenvalue weighted by atomic mass is 10.0. The molecular weight excluding hydrogens is 973 g/mol. The number of esters is 3. The first-order chi connectivity index (χ1) is 39.0. The van der Waals surface area contributed by atoms with Crippen LogP contribution in [-0.4, -0.2) is 37.2 Å². The van der Waals surface area contributed by atoms with E-state index in [0.717, 1.165) is 109 Å². The quantitative estimate of drug-likeness (QED) is 0.0261. The Morgan fingerprint density at radius 1 is 0.266 bits per heavy atom. The number of carbonyl (C=O) groups is 3. The molecule has 0 aromatic carbocycles. The van der Waals surface area contributed by atoms with Crippen LogP contribution in [0.25, 0.3) is 0 Å². The zero-order chi connectivity index (χ0) is 57.1. The Morgan fingerprint density at radius 3 is 0.797 bits per heavy atom. The molecule has 0 spiro atoms. The van der Waals surface area contributed by atoms with Crippen LogP contribution in [0.4, 0.5) is 0 Å². The Hall–Kier alpha value is -3.15. The van der Waals surface area contributed by atoms with Crippen molar-refractivity contribution < 1.29 is 28.6 Å². The highest BCUT2D eigenvalue weighted by Gasteiger charge is 2.19. The van der Waals surface area contributed by atoms with Crippen molar-refractivity contribution in [2.24, 2.45) is 0 Å². The van der Waals surface area contributed by atoms with E-state index in [4.69, 9.17) is 14.2 Å². The smallest absolute Gasteiger partial charge is 0.306 e. The van der Waals surface area contributed by atoms with Crippen molar-refractivity contribution in [3.05, 3.63) is 72.9 Å². The van der Waals surface area contributed by atoms with Gasteiger partial charge in [0.15, 0.2) is 6.10 Å². The largest absolute Gasteiger partial charge is 0.462 e. The minimum atomic E-state index is -0.786. The van der Waals surface area contributed by atoms with Crippen LogP contribution < -0.4 is 0 Å². The van der Waals surface area contributed by atoms with Gasteiger partial charge in [0.25, 0.3) is 0 Å². The summed E-state index contributed by atoms with van der Waals surface area (Å²) in [6.07, 6.45) is 87.8. The number of carbonyl (C=O) groups excluding carboxylic acids is 3. The number of ether oxygens (including phenoxy) is 3. The highest BCUT2D eigenvalue weighted by Crippen LogP contribution is 2.18. The van der Waals surface area contributed by atoms with Crippen molar-refractivity contribution in [2.45, 2.75) is 361 Å². The Bertz CT molecular complexity index is 1450. The topological polar surface area (TPSA) is 78.9 Å².